The van der Waals surface area contributed by atoms with Crippen molar-refractivity contribution in [2.45, 2.75) is 6.10 Å². The Morgan fingerprint density at radius 3 is 2.36 bits per heavy atom. The Morgan fingerprint density at radius 2 is 1.77 bits per heavy atom. The lowest BCUT2D eigenvalue weighted by Gasteiger charge is -2.35. The number of nitrogens with one attached hydrogen (secondary N) is 1. The van der Waals surface area contributed by atoms with Gasteiger partial charge in [-0.25, -0.2) is 8.78 Å². The summed E-state index contributed by atoms with van der Waals surface area (Å²) in [5, 5.41) is 4.07. The summed E-state index contributed by atoms with van der Waals surface area (Å²) in [4.78, 5) is 0. The van der Waals surface area contributed by atoms with Crippen molar-refractivity contribution in [1.82, 2.24) is 5.32 Å². The Bertz CT molecular complexity index is 692. The van der Waals surface area contributed by atoms with Crippen molar-refractivity contribution in [2.75, 3.05) is 13.1 Å². The predicted octanol–water partition coefficient (Wildman–Crippen LogP) is 4.61. The molecule has 1 atom stereocenters. The largest absolute Gasteiger partial charge is 0.485 e. The summed E-state index contributed by atoms with van der Waals surface area (Å²) in [5.74, 6) is -1.33. The van der Waals surface area contributed by atoms with Gasteiger partial charge in [-0.05, 0) is 29.8 Å². The molecule has 3 rings (SSSR count). The van der Waals surface area contributed by atoms with Crippen LogP contribution < -0.4 is 10.1 Å². The maximum absolute atomic E-state index is 13.3. The van der Waals surface area contributed by atoms with E-state index in [2.05, 4.69) is 5.32 Å². The molecule has 0 amide bonds. The monoisotopic (exact) mass is 343 g/mol. The molecule has 1 fully saturated rings. The first-order chi connectivity index (χ1) is 10.5. The van der Waals surface area contributed by atoms with Gasteiger partial charge in [0.25, 0.3) is 0 Å². The van der Waals surface area contributed by atoms with Gasteiger partial charge in [-0.3, -0.25) is 0 Å². The molecule has 1 N–H and O–H groups in total. The summed E-state index contributed by atoms with van der Waals surface area (Å²) in [6.45, 7) is 1.57. The van der Waals surface area contributed by atoms with E-state index in [9.17, 15) is 8.78 Å². The van der Waals surface area contributed by atoms with Crippen molar-refractivity contribution in [3.63, 3.8) is 0 Å². The Morgan fingerprint density at radius 1 is 1.00 bits per heavy atom. The van der Waals surface area contributed by atoms with Gasteiger partial charge in [-0.2, -0.15) is 0 Å². The summed E-state index contributed by atoms with van der Waals surface area (Å²) in [6.07, 6.45) is -0.305. The van der Waals surface area contributed by atoms with Crippen LogP contribution in [-0.4, -0.2) is 13.1 Å². The molecule has 1 unspecified atom stereocenters. The summed E-state index contributed by atoms with van der Waals surface area (Å²) in [5.41, 5.74) is 0.852. The summed E-state index contributed by atoms with van der Waals surface area (Å²) in [7, 11) is 0. The average Bonchev–Trinajstić information content (AvgIpc) is 2.43. The van der Waals surface area contributed by atoms with Crippen molar-refractivity contribution in [3.8, 4) is 5.75 Å². The lowest BCUT2D eigenvalue weighted by atomic mass is 9.91. The van der Waals surface area contributed by atoms with Crippen LogP contribution in [0, 0.1) is 17.6 Å². The lowest BCUT2D eigenvalue weighted by molar-refractivity contribution is 0.0988. The van der Waals surface area contributed by atoms with Crippen LogP contribution in [0.5, 0.6) is 5.75 Å². The Balaban J connectivity index is 1.89. The number of ether oxygens (including phenoxy) is 1. The highest BCUT2D eigenvalue weighted by atomic mass is 35.5. The molecule has 0 aliphatic carbocycles. The number of hydrogen-bond acceptors (Lipinski definition) is 2. The third-order valence-corrected chi connectivity index (χ3v) is 4.41. The van der Waals surface area contributed by atoms with Gasteiger partial charge in [0.15, 0.2) is 11.6 Å². The normalized spacial score (nSPS) is 16.2. The van der Waals surface area contributed by atoms with Gasteiger partial charge >= 0.3 is 0 Å². The van der Waals surface area contributed by atoms with E-state index in [-0.39, 0.29) is 17.8 Å². The van der Waals surface area contributed by atoms with Gasteiger partial charge in [0.05, 0.1) is 10.0 Å². The van der Waals surface area contributed by atoms with E-state index in [4.69, 9.17) is 27.9 Å². The minimum Gasteiger partial charge on any atom is -0.485 e. The van der Waals surface area contributed by atoms with Crippen LogP contribution in [0.2, 0.25) is 10.0 Å². The summed E-state index contributed by atoms with van der Waals surface area (Å²) >= 11 is 12.0. The number of hydrogen-bond donors (Lipinski definition) is 1. The van der Waals surface area contributed by atoms with Crippen LogP contribution in [0.1, 0.15) is 11.7 Å². The zero-order valence-electron chi connectivity index (χ0n) is 11.5. The number of benzene rings is 2. The molecule has 1 aliphatic heterocycles. The highest BCUT2D eigenvalue weighted by Crippen LogP contribution is 2.34. The van der Waals surface area contributed by atoms with Crippen LogP contribution in [0.3, 0.4) is 0 Å². The van der Waals surface area contributed by atoms with Crippen molar-refractivity contribution in [3.05, 3.63) is 63.6 Å². The molecular formula is C16H13Cl2F2NO. The maximum atomic E-state index is 13.3. The fourth-order valence-electron chi connectivity index (χ4n) is 2.35. The predicted molar refractivity (Wildman–Crippen MR) is 82.5 cm³/mol. The standard InChI is InChI=1S/C16H13Cl2F2NO/c17-12-3-1-9(5-13(12)18)16(10-7-21-8-10)22-11-2-4-14(19)15(20)6-11/h1-6,10,16,21H,7-8H2. The van der Waals surface area contributed by atoms with Gasteiger partial charge < -0.3 is 10.1 Å². The molecule has 116 valence electrons. The first kappa shape index (κ1) is 15.5. The summed E-state index contributed by atoms with van der Waals surface area (Å²) < 4.78 is 32.2. The molecule has 1 aliphatic rings. The van der Waals surface area contributed by atoms with Crippen LogP contribution in [-0.2, 0) is 0 Å². The van der Waals surface area contributed by atoms with Crippen molar-refractivity contribution < 1.29 is 13.5 Å². The fourth-order valence-corrected chi connectivity index (χ4v) is 2.65. The number of rotatable bonds is 4. The zero-order valence-corrected chi connectivity index (χ0v) is 13.0. The van der Waals surface area contributed by atoms with Gasteiger partial charge in [0.1, 0.15) is 11.9 Å². The molecule has 6 heteroatoms. The highest BCUT2D eigenvalue weighted by molar-refractivity contribution is 6.42. The molecule has 2 aromatic rings. The van der Waals surface area contributed by atoms with E-state index in [1.807, 2.05) is 6.07 Å². The first-order valence-corrected chi connectivity index (χ1v) is 7.57. The third-order valence-electron chi connectivity index (χ3n) is 3.67. The number of halogens is 4. The van der Waals surface area contributed by atoms with Gasteiger partial charge in [-0.15, -0.1) is 0 Å². The highest BCUT2D eigenvalue weighted by Gasteiger charge is 2.30. The molecule has 0 radical (unpaired) electrons. The molecule has 2 aromatic carbocycles. The lowest BCUT2D eigenvalue weighted by Crippen LogP contribution is -2.46. The molecule has 1 heterocycles. The molecule has 22 heavy (non-hydrogen) atoms. The first-order valence-electron chi connectivity index (χ1n) is 6.82. The molecule has 0 bridgehead atoms. The van der Waals surface area contributed by atoms with Crippen LogP contribution >= 0.6 is 23.2 Å². The van der Waals surface area contributed by atoms with E-state index in [0.717, 1.165) is 30.8 Å². The van der Waals surface area contributed by atoms with Gasteiger partial charge in [0, 0.05) is 25.1 Å². The molecule has 0 aromatic heterocycles. The van der Waals surface area contributed by atoms with Crippen molar-refractivity contribution in [2.24, 2.45) is 5.92 Å². The van der Waals surface area contributed by atoms with E-state index >= 15 is 0 Å². The second-order valence-corrected chi connectivity index (χ2v) is 6.02. The quantitative estimate of drug-likeness (QED) is 0.875. The molecule has 2 nitrogen and oxygen atoms in total. The summed E-state index contributed by atoms with van der Waals surface area (Å²) in [6, 6.07) is 8.79. The Hall–Kier alpha value is -1.36. The maximum Gasteiger partial charge on any atom is 0.162 e. The minimum atomic E-state index is -0.933. The van der Waals surface area contributed by atoms with E-state index in [1.165, 1.54) is 6.07 Å². The molecular weight excluding hydrogens is 331 g/mol. The molecule has 0 spiro atoms. The third kappa shape index (κ3) is 3.19. The second-order valence-electron chi connectivity index (χ2n) is 5.21. The Kier molecular flexibility index (Phi) is 4.52. The smallest absolute Gasteiger partial charge is 0.162 e. The minimum absolute atomic E-state index is 0.227. The van der Waals surface area contributed by atoms with Crippen LogP contribution in [0.15, 0.2) is 36.4 Å². The van der Waals surface area contributed by atoms with Gasteiger partial charge in [0.2, 0.25) is 0 Å². The molecule has 0 saturated carbocycles. The second kappa shape index (κ2) is 6.41. The molecule has 1 saturated heterocycles. The van der Waals surface area contributed by atoms with E-state index < -0.39 is 11.6 Å². The van der Waals surface area contributed by atoms with Crippen LogP contribution in [0.25, 0.3) is 0 Å². The fraction of sp³-hybridized carbons (Fsp3) is 0.250. The Labute approximate surface area is 137 Å². The zero-order chi connectivity index (χ0) is 15.7. The topological polar surface area (TPSA) is 21.3 Å². The van der Waals surface area contributed by atoms with Crippen molar-refractivity contribution in [1.29, 1.82) is 0 Å². The van der Waals surface area contributed by atoms with E-state index in [0.29, 0.717) is 10.0 Å². The average molecular weight is 344 g/mol. The SMILES string of the molecule is Fc1ccc(OC(c2ccc(Cl)c(Cl)c2)C2CNC2)cc1F. The van der Waals surface area contributed by atoms with Gasteiger partial charge in [-0.1, -0.05) is 29.3 Å². The van der Waals surface area contributed by atoms with Crippen LogP contribution in [0.4, 0.5) is 8.78 Å². The van der Waals surface area contributed by atoms with E-state index in [1.54, 1.807) is 12.1 Å². The van der Waals surface area contributed by atoms with Crippen molar-refractivity contribution >= 4 is 23.2 Å².